The Bertz CT molecular complexity index is 1860. The highest BCUT2D eigenvalue weighted by Crippen LogP contribution is 2.34. The number of anilines is 1. The molecule has 5 rings (SSSR count). The highest BCUT2D eigenvalue weighted by molar-refractivity contribution is 5.66. The first kappa shape index (κ1) is 37.7. The number of rotatable bonds is 20. The van der Waals surface area contributed by atoms with Crippen molar-refractivity contribution in [2.45, 2.75) is 51.8 Å². The fourth-order valence-electron chi connectivity index (χ4n) is 5.88. The average Bonchev–Trinajstić information content (AvgIpc) is 3.57. The van der Waals surface area contributed by atoms with Gasteiger partial charge in [-0.15, -0.1) is 5.10 Å². The Morgan fingerprint density at radius 3 is 2.02 bits per heavy atom. The molecule has 1 atom stereocenters. The Morgan fingerprint density at radius 1 is 0.808 bits per heavy atom. The lowest BCUT2D eigenvalue weighted by Crippen LogP contribution is -2.26. The van der Waals surface area contributed by atoms with E-state index in [0.29, 0.717) is 78.6 Å². The summed E-state index contributed by atoms with van der Waals surface area (Å²) >= 11 is 0. The summed E-state index contributed by atoms with van der Waals surface area (Å²) in [5, 5.41) is 14.7. The third-order valence-electron chi connectivity index (χ3n) is 8.47. The molecule has 0 bridgehead atoms. The van der Waals surface area contributed by atoms with E-state index in [9.17, 15) is 5.11 Å². The zero-order valence-corrected chi connectivity index (χ0v) is 30.6. The number of fused-ring (bicyclic) bond motifs is 1. The molecule has 1 unspecified atom stereocenters. The number of benzene rings is 2. The minimum absolute atomic E-state index is 0.0304. The first-order valence-corrected chi connectivity index (χ1v) is 17.0. The van der Waals surface area contributed by atoms with Crippen molar-refractivity contribution >= 4 is 11.5 Å². The van der Waals surface area contributed by atoms with Gasteiger partial charge < -0.3 is 43.2 Å². The summed E-state index contributed by atoms with van der Waals surface area (Å²) in [6.45, 7) is 6.72. The van der Waals surface area contributed by atoms with Crippen LogP contribution in [0.3, 0.4) is 0 Å². The number of pyridine rings is 1. The lowest BCUT2D eigenvalue weighted by molar-refractivity contribution is 0.133. The average molecular weight is 716 g/mol. The maximum absolute atomic E-state index is 9.82. The van der Waals surface area contributed by atoms with Gasteiger partial charge in [0, 0.05) is 67.4 Å². The van der Waals surface area contributed by atoms with E-state index >= 15 is 0 Å². The third kappa shape index (κ3) is 8.86. The molecule has 0 aliphatic rings. The summed E-state index contributed by atoms with van der Waals surface area (Å²) in [5.74, 6) is 3.97. The minimum atomic E-state index is -0.297. The van der Waals surface area contributed by atoms with Crippen LogP contribution in [0.4, 0.5) is 5.82 Å². The first-order chi connectivity index (χ1) is 25.4. The number of ether oxygens (including phenoxy) is 7. The number of aliphatic hydroxyl groups excluding tert-OH is 1. The SMILES string of the molecule is [CH2]COc1ccc(Cc2cnc3c(N(Cc4ccc(OC)cc4OC)Cc4ccc(OC)cc4OC)nc(OC(CCC)CCO)nn23)c(OC)n1. The number of aliphatic hydroxyl groups is 1. The second kappa shape index (κ2) is 18.1. The Labute approximate surface area is 304 Å². The van der Waals surface area contributed by atoms with E-state index < -0.39 is 0 Å². The Morgan fingerprint density at radius 2 is 1.46 bits per heavy atom. The number of hydrogen-bond donors (Lipinski definition) is 1. The summed E-state index contributed by atoms with van der Waals surface area (Å²) in [4.78, 5) is 16.4. The topological polar surface area (TPSA) is 144 Å². The van der Waals surface area contributed by atoms with Crippen LogP contribution in [0.15, 0.2) is 54.7 Å². The Hall–Kier alpha value is -5.50. The molecule has 52 heavy (non-hydrogen) atoms. The van der Waals surface area contributed by atoms with Gasteiger partial charge in [0.15, 0.2) is 11.5 Å². The largest absolute Gasteiger partial charge is 0.497 e. The van der Waals surface area contributed by atoms with Crippen LogP contribution in [0.1, 0.15) is 48.6 Å². The van der Waals surface area contributed by atoms with Crippen LogP contribution in [0, 0.1) is 6.92 Å². The quantitative estimate of drug-likeness (QED) is 0.108. The standard InChI is InChI=1S/C38H47N6O8/c1-8-10-29(17-18-45)52-38-41-36(35-39-22-28(44(35)42-38)19-25-13-16-34(51-9-2)40-37(25)50-7)43(23-26-11-14-30(46-3)20-32(26)48-5)24-27-12-15-31(47-4)21-33(27)49-6/h11-16,20-22,29,45H,2,8-10,17-19,23-24H2,1,3-7H3. The molecular weight excluding hydrogens is 668 g/mol. The van der Waals surface area contributed by atoms with Gasteiger partial charge in [-0.05, 0) is 43.7 Å². The van der Waals surface area contributed by atoms with Crippen molar-refractivity contribution in [3.63, 3.8) is 0 Å². The highest BCUT2D eigenvalue weighted by atomic mass is 16.5. The van der Waals surface area contributed by atoms with E-state index in [-0.39, 0.29) is 25.3 Å². The normalized spacial score (nSPS) is 11.6. The van der Waals surface area contributed by atoms with Crippen molar-refractivity contribution < 1.29 is 38.3 Å². The van der Waals surface area contributed by atoms with Gasteiger partial charge in [-0.1, -0.05) is 13.3 Å². The van der Waals surface area contributed by atoms with Crippen molar-refractivity contribution in [3.05, 3.63) is 84.0 Å². The molecule has 2 aromatic carbocycles. The highest BCUT2D eigenvalue weighted by Gasteiger charge is 2.24. The molecule has 0 saturated heterocycles. The van der Waals surface area contributed by atoms with E-state index in [1.165, 1.54) is 0 Å². The van der Waals surface area contributed by atoms with Crippen LogP contribution in [0.2, 0.25) is 0 Å². The van der Waals surface area contributed by atoms with Gasteiger partial charge in [0.25, 0.3) is 0 Å². The maximum Gasteiger partial charge on any atom is 0.336 e. The van der Waals surface area contributed by atoms with E-state index in [0.717, 1.165) is 28.8 Å². The van der Waals surface area contributed by atoms with Gasteiger partial charge in [-0.25, -0.2) is 9.50 Å². The third-order valence-corrected chi connectivity index (χ3v) is 8.47. The van der Waals surface area contributed by atoms with Crippen LogP contribution in [-0.4, -0.2) is 84.5 Å². The molecular formula is C38H47N6O8. The number of hydrogen-bond acceptors (Lipinski definition) is 13. The molecule has 0 spiro atoms. The van der Waals surface area contributed by atoms with Gasteiger partial charge in [-0.3, -0.25) is 0 Å². The van der Waals surface area contributed by atoms with Gasteiger partial charge in [0.2, 0.25) is 11.8 Å². The van der Waals surface area contributed by atoms with Crippen molar-refractivity contribution in [1.82, 2.24) is 24.6 Å². The summed E-state index contributed by atoms with van der Waals surface area (Å²) in [7, 11) is 8.05. The van der Waals surface area contributed by atoms with E-state index in [2.05, 4.69) is 23.7 Å². The maximum atomic E-state index is 9.82. The molecule has 1 N–H and O–H groups in total. The fourth-order valence-corrected chi connectivity index (χ4v) is 5.88. The summed E-state index contributed by atoms with van der Waals surface area (Å²) in [6, 6.07) is 15.2. The Kier molecular flexibility index (Phi) is 13.2. The summed E-state index contributed by atoms with van der Waals surface area (Å²) < 4.78 is 41.8. The Balaban J connectivity index is 1.68. The molecule has 5 aromatic rings. The second-order valence-corrected chi connectivity index (χ2v) is 11.8. The predicted octanol–water partition coefficient (Wildman–Crippen LogP) is 5.50. The van der Waals surface area contributed by atoms with Crippen LogP contribution in [0.5, 0.6) is 40.8 Å². The monoisotopic (exact) mass is 715 g/mol. The number of imidazole rings is 1. The minimum Gasteiger partial charge on any atom is -0.497 e. The molecule has 0 fully saturated rings. The zero-order valence-electron chi connectivity index (χ0n) is 30.6. The van der Waals surface area contributed by atoms with E-state index in [1.807, 2.05) is 42.5 Å². The smallest absolute Gasteiger partial charge is 0.336 e. The molecule has 14 heteroatoms. The molecule has 3 heterocycles. The molecule has 277 valence electrons. The van der Waals surface area contributed by atoms with Crippen molar-refractivity contribution in [2.75, 3.05) is 53.7 Å². The van der Waals surface area contributed by atoms with Gasteiger partial charge >= 0.3 is 6.01 Å². The van der Waals surface area contributed by atoms with Gasteiger partial charge in [0.1, 0.15) is 29.1 Å². The number of aromatic nitrogens is 5. The summed E-state index contributed by atoms with van der Waals surface area (Å²) in [6.07, 6.45) is 3.85. The van der Waals surface area contributed by atoms with E-state index in [1.54, 1.807) is 52.3 Å². The lowest BCUT2D eigenvalue weighted by Gasteiger charge is -2.27. The van der Waals surface area contributed by atoms with Gasteiger partial charge in [0.05, 0.1) is 54.0 Å². The fraction of sp³-hybridized carbons (Fsp3) is 0.395. The predicted molar refractivity (Wildman–Crippen MR) is 195 cm³/mol. The molecule has 0 aliphatic carbocycles. The molecule has 1 radical (unpaired) electrons. The van der Waals surface area contributed by atoms with Crippen LogP contribution < -0.4 is 38.1 Å². The zero-order chi connectivity index (χ0) is 37.0. The van der Waals surface area contributed by atoms with Crippen molar-refractivity contribution in [3.8, 4) is 40.8 Å². The first-order valence-electron chi connectivity index (χ1n) is 17.0. The number of methoxy groups -OCH3 is 5. The second-order valence-electron chi connectivity index (χ2n) is 11.8. The van der Waals surface area contributed by atoms with Crippen molar-refractivity contribution in [1.29, 1.82) is 0 Å². The van der Waals surface area contributed by atoms with E-state index in [4.69, 9.17) is 48.2 Å². The number of nitrogens with zero attached hydrogens (tertiary/aromatic N) is 6. The van der Waals surface area contributed by atoms with Gasteiger partial charge in [-0.2, -0.15) is 9.97 Å². The molecule has 0 amide bonds. The van der Waals surface area contributed by atoms with Crippen LogP contribution >= 0.6 is 0 Å². The van der Waals surface area contributed by atoms with Crippen molar-refractivity contribution in [2.24, 2.45) is 0 Å². The van der Waals surface area contributed by atoms with Crippen LogP contribution in [-0.2, 0) is 19.5 Å². The molecule has 0 saturated carbocycles. The summed E-state index contributed by atoms with van der Waals surface area (Å²) in [5.41, 5.74) is 3.81. The molecule has 3 aromatic heterocycles. The molecule has 0 aliphatic heterocycles. The molecule has 14 nitrogen and oxygen atoms in total. The van der Waals surface area contributed by atoms with Crippen LogP contribution in [0.25, 0.3) is 5.65 Å². The lowest BCUT2D eigenvalue weighted by atomic mass is 10.1.